The molecule has 4 heterocycles. The van der Waals surface area contributed by atoms with Crippen LogP contribution in [0.2, 0.25) is 0 Å². The van der Waals surface area contributed by atoms with Crippen molar-refractivity contribution in [2.45, 2.75) is 45.6 Å². The number of aromatic nitrogens is 3. The number of carbonyl (C=O) groups excluding carboxylic acids is 1. The van der Waals surface area contributed by atoms with Gasteiger partial charge in [0.15, 0.2) is 5.69 Å². The molecule has 1 N–H and O–H groups in total. The minimum Gasteiger partial charge on any atom is -0.361 e. The van der Waals surface area contributed by atoms with Crippen LogP contribution < -0.4 is 0 Å². The van der Waals surface area contributed by atoms with E-state index >= 15 is 0 Å². The van der Waals surface area contributed by atoms with E-state index in [0.717, 1.165) is 34.9 Å². The molecular weight excluding hydrogens is 348 g/mol. The lowest BCUT2D eigenvalue weighted by Gasteiger charge is -2.21. The summed E-state index contributed by atoms with van der Waals surface area (Å²) >= 11 is 1.68. The van der Waals surface area contributed by atoms with Gasteiger partial charge in [-0.15, -0.1) is 11.3 Å². The molecule has 1 aliphatic rings. The van der Waals surface area contributed by atoms with Crippen LogP contribution in [-0.2, 0) is 0 Å². The molecule has 1 fully saturated rings. The monoisotopic (exact) mass is 370 g/mol. The van der Waals surface area contributed by atoms with Gasteiger partial charge in [-0.3, -0.25) is 9.89 Å². The van der Waals surface area contributed by atoms with E-state index in [0.29, 0.717) is 12.2 Å². The molecule has 7 heteroatoms. The molecule has 1 aliphatic heterocycles. The largest absolute Gasteiger partial charge is 0.361 e. The van der Waals surface area contributed by atoms with Crippen LogP contribution in [0.1, 0.15) is 65.5 Å². The number of aryl methyl sites for hydroxylation is 1. The number of nitrogens with zero attached hydrogens (tertiary/aromatic N) is 3. The Balaban J connectivity index is 1.56. The molecule has 1 saturated heterocycles. The van der Waals surface area contributed by atoms with Gasteiger partial charge in [-0.2, -0.15) is 5.10 Å². The quantitative estimate of drug-likeness (QED) is 0.732. The second-order valence-electron chi connectivity index (χ2n) is 7.04. The van der Waals surface area contributed by atoms with E-state index in [2.05, 4.69) is 42.2 Å². The summed E-state index contributed by atoms with van der Waals surface area (Å²) in [5.74, 6) is 1.08. The summed E-state index contributed by atoms with van der Waals surface area (Å²) in [6.45, 7) is 6.92. The highest BCUT2D eigenvalue weighted by molar-refractivity contribution is 7.15. The fourth-order valence-electron chi connectivity index (χ4n) is 3.33. The fourth-order valence-corrected chi connectivity index (χ4v) is 4.17. The van der Waals surface area contributed by atoms with Crippen molar-refractivity contribution in [3.8, 4) is 10.6 Å². The van der Waals surface area contributed by atoms with Gasteiger partial charge in [-0.05, 0) is 38.0 Å². The van der Waals surface area contributed by atoms with Crippen molar-refractivity contribution in [1.82, 2.24) is 20.3 Å². The number of rotatable bonds is 4. The van der Waals surface area contributed by atoms with Crippen LogP contribution in [0.15, 0.2) is 28.8 Å². The first-order chi connectivity index (χ1) is 12.5. The van der Waals surface area contributed by atoms with Gasteiger partial charge in [0.1, 0.15) is 11.5 Å². The maximum atomic E-state index is 13.0. The molecule has 0 bridgehead atoms. The molecule has 1 amide bonds. The van der Waals surface area contributed by atoms with Crippen molar-refractivity contribution in [2.75, 3.05) is 6.54 Å². The number of carbonyl (C=O) groups is 1. The Bertz CT molecular complexity index is 924. The van der Waals surface area contributed by atoms with Gasteiger partial charge < -0.3 is 9.42 Å². The number of hydrogen-bond acceptors (Lipinski definition) is 5. The first-order valence-corrected chi connectivity index (χ1v) is 9.74. The van der Waals surface area contributed by atoms with Gasteiger partial charge in [0, 0.05) is 23.4 Å². The van der Waals surface area contributed by atoms with Gasteiger partial charge in [-0.1, -0.05) is 19.0 Å². The van der Waals surface area contributed by atoms with Crippen molar-refractivity contribution in [3.05, 3.63) is 46.3 Å². The third-order valence-electron chi connectivity index (χ3n) is 4.77. The van der Waals surface area contributed by atoms with Gasteiger partial charge >= 0.3 is 0 Å². The van der Waals surface area contributed by atoms with Crippen molar-refractivity contribution in [1.29, 1.82) is 0 Å². The molecule has 4 rings (SSSR count). The highest BCUT2D eigenvalue weighted by atomic mass is 32.1. The van der Waals surface area contributed by atoms with Crippen LogP contribution in [0, 0.1) is 6.92 Å². The minimum absolute atomic E-state index is 0.0390. The highest BCUT2D eigenvalue weighted by Gasteiger charge is 2.34. The summed E-state index contributed by atoms with van der Waals surface area (Å²) in [5.41, 5.74) is 2.17. The molecule has 136 valence electrons. The fraction of sp³-hybridized carbons (Fsp3) is 0.421. The second kappa shape index (κ2) is 6.72. The van der Waals surface area contributed by atoms with Gasteiger partial charge in [0.05, 0.1) is 16.6 Å². The summed E-state index contributed by atoms with van der Waals surface area (Å²) in [6.07, 6.45) is 1.86. The second-order valence-corrected chi connectivity index (χ2v) is 8.33. The van der Waals surface area contributed by atoms with Crippen LogP contribution in [-0.4, -0.2) is 32.7 Å². The lowest BCUT2D eigenvalue weighted by atomic mass is 10.1. The topological polar surface area (TPSA) is 75.0 Å². The predicted molar refractivity (Wildman–Crippen MR) is 100 cm³/mol. The molecule has 0 aliphatic carbocycles. The molecule has 3 aromatic rings. The SMILES string of the molecule is Cc1ccc(-c2cc(C(=O)N3CCCC3c3cc(C(C)C)on3)n[nH]2)s1. The van der Waals surface area contributed by atoms with Crippen LogP contribution >= 0.6 is 11.3 Å². The zero-order chi connectivity index (χ0) is 18.3. The Morgan fingerprint density at radius 2 is 2.23 bits per heavy atom. The number of thiophene rings is 1. The van der Waals surface area contributed by atoms with E-state index in [1.54, 1.807) is 11.3 Å². The van der Waals surface area contributed by atoms with E-state index < -0.39 is 0 Å². The number of hydrogen-bond donors (Lipinski definition) is 1. The molecular formula is C19H22N4O2S. The number of likely N-dealkylation sites (tertiary alicyclic amines) is 1. The van der Waals surface area contributed by atoms with Crippen molar-refractivity contribution >= 4 is 17.2 Å². The third-order valence-corrected chi connectivity index (χ3v) is 5.81. The normalized spacial score (nSPS) is 17.4. The first-order valence-electron chi connectivity index (χ1n) is 8.92. The minimum atomic E-state index is -0.0580. The molecule has 3 aromatic heterocycles. The first kappa shape index (κ1) is 17.0. The van der Waals surface area contributed by atoms with Crippen LogP contribution in [0.25, 0.3) is 10.6 Å². The maximum Gasteiger partial charge on any atom is 0.274 e. The summed E-state index contributed by atoms with van der Waals surface area (Å²) in [5, 5.41) is 11.5. The smallest absolute Gasteiger partial charge is 0.274 e. The Kier molecular flexibility index (Phi) is 4.40. The van der Waals surface area contributed by atoms with Crippen molar-refractivity contribution in [2.24, 2.45) is 0 Å². The molecule has 1 atom stereocenters. The lowest BCUT2D eigenvalue weighted by Crippen LogP contribution is -2.31. The van der Waals surface area contributed by atoms with Crippen LogP contribution in [0.5, 0.6) is 0 Å². The van der Waals surface area contributed by atoms with E-state index in [1.807, 2.05) is 23.1 Å². The highest BCUT2D eigenvalue weighted by Crippen LogP contribution is 2.34. The summed E-state index contributed by atoms with van der Waals surface area (Å²) in [4.78, 5) is 17.2. The average molecular weight is 370 g/mol. The molecule has 0 radical (unpaired) electrons. The summed E-state index contributed by atoms with van der Waals surface area (Å²) in [7, 11) is 0. The zero-order valence-corrected chi connectivity index (χ0v) is 16.0. The summed E-state index contributed by atoms with van der Waals surface area (Å²) in [6, 6.07) is 7.89. The Morgan fingerprint density at radius 3 is 2.92 bits per heavy atom. The molecule has 0 aromatic carbocycles. The average Bonchev–Trinajstić information content (AvgIpc) is 3.37. The van der Waals surface area contributed by atoms with Gasteiger partial charge in [0.25, 0.3) is 5.91 Å². The van der Waals surface area contributed by atoms with Crippen molar-refractivity contribution in [3.63, 3.8) is 0 Å². The number of amides is 1. The third kappa shape index (κ3) is 3.07. The van der Waals surface area contributed by atoms with E-state index in [1.165, 1.54) is 4.88 Å². The Hall–Kier alpha value is -2.41. The number of nitrogens with one attached hydrogen (secondary N) is 1. The van der Waals surface area contributed by atoms with Gasteiger partial charge in [0.2, 0.25) is 0 Å². The van der Waals surface area contributed by atoms with Crippen LogP contribution in [0.3, 0.4) is 0 Å². The molecule has 1 unspecified atom stereocenters. The van der Waals surface area contributed by atoms with Gasteiger partial charge in [-0.25, -0.2) is 0 Å². The summed E-state index contributed by atoms with van der Waals surface area (Å²) < 4.78 is 5.43. The van der Waals surface area contributed by atoms with Crippen LogP contribution in [0.4, 0.5) is 0 Å². The molecule has 26 heavy (non-hydrogen) atoms. The lowest BCUT2D eigenvalue weighted by molar-refractivity contribution is 0.0724. The predicted octanol–water partition coefficient (Wildman–Crippen LogP) is 4.54. The van der Waals surface area contributed by atoms with E-state index in [-0.39, 0.29) is 17.9 Å². The molecule has 0 spiro atoms. The van der Waals surface area contributed by atoms with E-state index in [9.17, 15) is 4.79 Å². The Morgan fingerprint density at radius 1 is 1.38 bits per heavy atom. The number of aromatic amines is 1. The molecule has 6 nitrogen and oxygen atoms in total. The standard InChI is InChI=1S/C19H22N4O2S/c1-11(2)17-10-13(22-25-17)16-5-4-8-23(16)19(24)15-9-14(20-21-15)18-7-6-12(3)26-18/h6-7,9-11,16H,4-5,8H2,1-3H3,(H,20,21). The molecule has 0 saturated carbocycles. The number of H-pyrrole nitrogens is 1. The zero-order valence-electron chi connectivity index (χ0n) is 15.2. The maximum absolute atomic E-state index is 13.0. The van der Waals surface area contributed by atoms with E-state index in [4.69, 9.17) is 4.52 Å². The Labute approximate surface area is 156 Å². The van der Waals surface area contributed by atoms with Crippen molar-refractivity contribution < 1.29 is 9.32 Å².